The molecular weight excluding hydrogens is 286 g/mol. The summed E-state index contributed by atoms with van der Waals surface area (Å²) < 4.78 is 0. The Labute approximate surface area is 130 Å². The van der Waals surface area contributed by atoms with Crippen LogP contribution in [0.3, 0.4) is 0 Å². The van der Waals surface area contributed by atoms with E-state index in [2.05, 4.69) is 11.0 Å². The maximum Gasteiger partial charge on any atom is 0.308 e. The largest absolute Gasteiger partial charge is 0.481 e. The zero-order chi connectivity index (χ0) is 14.9. The van der Waals surface area contributed by atoms with Crippen molar-refractivity contribution in [3.05, 3.63) is 34.9 Å². The fourth-order valence-electron chi connectivity index (χ4n) is 4.19. The van der Waals surface area contributed by atoms with Gasteiger partial charge in [-0.05, 0) is 36.0 Å². The zero-order valence-corrected chi connectivity index (χ0v) is 13.0. The molecule has 1 atom stereocenters. The Hall–Kier alpha value is -1.06. The van der Waals surface area contributed by atoms with Gasteiger partial charge in [0.05, 0.1) is 5.92 Å². The van der Waals surface area contributed by atoms with E-state index in [1.807, 2.05) is 18.2 Å². The minimum Gasteiger partial charge on any atom is -0.481 e. The third-order valence-corrected chi connectivity index (χ3v) is 5.40. The third-order valence-electron chi connectivity index (χ3n) is 5.16. The molecule has 1 heterocycles. The van der Waals surface area contributed by atoms with E-state index in [0.29, 0.717) is 6.54 Å². The highest BCUT2D eigenvalue weighted by Crippen LogP contribution is 2.47. The van der Waals surface area contributed by atoms with Crippen LogP contribution in [0.25, 0.3) is 0 Å². The number of benzene rings is 1. The molecule has 2 fully saturated rings. The van der Waals surface area contributed by atoms with Crippen molar-refractivity contribution in [2.75, 3.05) is 13.1 Å². The fourth-order valence-corrected chi connectivity index (χ4v) is 4.40. The van der Waals surface area contributed by atoms with Gasteiger partial charge in [0, 0.05) is 24.7 Å². The number of rotatable bonds is 3. The second kappa shape index (κ2) is 5.98. The topological polar surface area (TPSA) is 40.5 Å². The molecule has 4 heteroatoms. The molecule has 0 bridgehead atoms. The van der Waals surface area contributed by atoms with E-state index in [1.165, 1.54) is 24.8 Å². The molecule has 114 valence electrons. The lowest BCUT2D eigenvalue weighted by Crippen LogP contribution is -2.36. The number of aliphatic carboxylic acids is 1. The number of halogens is 1. The first-order chi connectivity index (χ1) is 10.1. The average Bonchev–Trinajstić information content (AvgIpc) is 2.78. The summed E-state index contributed by atoms with van der Waals surface area (Å²) >= 11 is 6.04. The van der Waals surface area contributed by atoms with Gasteiger partial charge in [-0.15, -0.1) is 0 Å². The van der Waals surface area contributed by atoms with E-state index < -0.39 is 5.97 Å². The average molecular weight is 308 g/mol. The highest BCUT2D eigenvalue weighted by molar-refractivity contribution is 6.30. The molecule has 1 saturated heterocycles. The summed E-state index contributed by atoms with van der Waals surface area (Å²) in [5.41, 5.74) is 1.17. The van der Waals surface area contributed by atoms with Crippen LogP contribution in [0.4, 0.5) is 0 Å². The van der Waals surface area contributed by atoms with Gasteiger partial charge in [0.1, 0.15) is 0 Å². The van der Waals surface area contributed by atoms with Crippen molar-refractivity contribution >= 4 is 17.6 Å². The van der Waals surface area contributed by atoms with Gasteiger partial charge in [-0.2, -0.15) is 0 Å². The summed E-state index contributed by atoms with van der Waals surface area (Å²) in [6.45, 7) is 2.38. The van der Waals surface area contributed by atoms with Crippen LogP contribution < -0.4 is 0 Å². The summed E-state index contributed by atoms with van der Waals surface area (Å²) in [5.74, 6) is -0.831. The van der Waals surface area contributed by atoms with Crippen molar-refractivity contribution in [1.29, 1.82) is 0 Å². The molecule has 1 saturated carbocycles. The van der Waals surface area contributed by atoms with Crippen LogP contribution >= 0.6 is 11.6 Å². The number of hydrogen-bond acceptors (Lipinski definition) is 2. The summed E-state index contributed by atoms with van der Waals surface area (Å²) in [5, 5.41) is 10.4. The quantitative estimate of drug-likeness (QED) is 0.923. The normalized spacial score (nSPS) is 25.3. The van der Waals surface area contributed by atoms with E-state index in [9.17, 15) is 9.90 Å². The van der Waals surface area contributed by atoms with E-state index in [0.717, 1.165) is 31.0 Å². The van der Waals surface area contributed by atoms with E-state index >= 15 is 0 Å². The predicted molar refractivity (Wildman–Crippen MR) is 83.4 cm³/mol. The van der Waals surface area contributed by atoms with Gasteiger partial charge in [0.25, 0.3) is 0 Å². The molecule has 3 rings (SSSR count). The van der Waals surface area contributed by atoms with Crippen molar-refractivity contribution in [3.8, 4) is 0 Å². The molecule has 1 aromatic rings. The Balaban J connectivity index is 1.75. The molecule has 1 aromatic carbocycles. The van der Waals surface area contributed by atoms with Gasteiger partial charge in [-0.3, -0.25) is 9.69 Å². The number of hydrogen-bond donors (Lipinski definition) is 1. The maximum atomic E-state index is 11.7. The summed E-state index contributed by atoms with van der Waals surface area (Å²) in [6.07, 6.45) is 5.73. The number of carboxylic acids is 1. The fraction of sp³-hybridized carbons (Fsp3) is 0.588. The Morgan fingerprint density at radius 1 is 1.33 bits per heavy atom. The van der Waals surface area contributed by atoms with Crippen molar-refractivity contribution in [3.63, 3.8) is 0 Å². The minimum absolute atomic E-state index is 0.00264. The van der Waals surface area contributed by atoms with E-state index in [4.69, 9.17) is 11.6 Å². The van der Waals surface area contributed by atoms with Crippen LogP contribution in [0.2, 0.25) is 5.02 Å². The SMILES string of the molecule is O=C(O)[C@H]1CN(Cc2cccc(Cl)c2)CC12CCCCC2. The molecule has 3 nitrogen and oxygen atoms in total. The molecule has 0 unspecified atom stereocenters. The molecule has 1 aliphatic heterocycles. The Kier molecular flexibility index (Phi) is 4.23. The first-order valence-electron chi connectivity index (χ1n) is 7.79. The van der Waals surface area contributed by atoms with Crippen LogP contribution in [0, 0.1) is 11.3 Å². The molecular formula is C17H22ClNO2. The second-order valence-electron chi connectivity index (χ2n) is 6.61. The van der Waals surface area contributed by atoms with E-state index in [-0.39, 0.29) is 11.3 Å². The Morgan fingerprint density at radius 3 is 2.76 bits per heavy atom. The maximum absolute atomic E-state index is 11.7. The number of carbonyl (C=O) groups is 1. The highest BCUT2D eigenvalue weighted by atomic mass is 35.5. The summed E-state index contributed by atoms with van der Waals surface area (Å²) in [6, 6.07) is 7.87. The van der Waals surface area contributed by atoms with Gasteiger partial charge in [0.2, 0.25) is 0 Å². The van der Waals surface area contributed by atoms with Gasteiger partial charge in [0.15, 0.2) is 0 Å². The van der Waals surface area contributed by atoms with Gasteiger partial charge >= 0.3 is 5.97 Å². The Morgan fingerprint density at radius 2 is 2.10 bits per heavy atom. The second-order valence-corrected chi connectivity index (χ2v) is 7.05. The van der Waals surface area contributed by atoms with Crippen LogP contribution in [0.5, 0.6) is 0 Å². The standard InChI is InChI=1S/C17H22ClNO2/c18-14-6-4-5-13(9-14)10-19-11-15(16(20)21)17(12-19)7-2-1-3-8-17/h4-6,9,15H,1-3,7-8,10-12H2,(H,20,21)/t15-/m1/s1. The van der Waals surface area contributed by atoms with Gasteiger partial charge in [-0.1, -0.05) is 43.0 Å². The van der Waals surface area contributed by atoms with E-state index in [1.54, 1.807) is 0 Å². The molecule has 0 aromatic heterocycles. The molecule has 1 aliphatic carbocycles. The third kappa shape index (κ3) is 3.09. The first-order valence-corrected chi connectivity index (χ1v) is 8.16. The lowest BCUT2D eigenvalue weighted by molar-refractivity contribution is -0.145. The smallest absolute Gasteiger partial charge is 0.308 e. The molecule has 2 aliphatic rings. The van der Waals surface area contributed by atoms with Crippen LogP contribution in [0.1, 0.15) is 37.7 Å². The van der Waals surface area contributed by atoms with Crippen LogP contribution in [-0.2, 0) is 11.3 Å². The molecule has 1 N–H and O–H groups in total. The van der Waals surface area contributed by atoms with Crippen LogP contribution in [0.15, 0.2) is 24.3 Å². The highest BCUT2D eigenvalue weighted by Gasteiger charge is 2.50. The number of carboxylic acid groups (broad SMARTS) is 1. The van der Waals surface area contributed by atoms with Crippen molar-refractivity contribution in [1.82, 2.24) is 4.90 Å². The summed E-state index contributed by atoms with van der Waals surface area (Å²) in [7, 11) is 0. The van der Waals surface area contributed by atoms with Crippen molar-refractivity contribution < 1.29 is 9.90 Å². The van der Waals surface area contributed by atoms with Gasteiger partial charge < -0.3 is 5.11 Å². The molecule has 21 heavy (non-hydrogen) atoms. The lowest BCUT2D eigenvalue weighted by Gasteiger charge is -2.36. The summed E-state index contributed by atoms with van der Waals surface area (Å²) in [4.78, 5) is 14.0. The van der Waals surface area contributed by atoms with Crippen molar-refractivity contribution in [2.24, 2.45) is 11.3 Å². The number of nitrogens with zero attached hydrogens (tertiary/aromatic N) is 1. The lowest BCUT2D eigenvalue weighted by atomic mass is 9.68. The van der Waals surface area contributed by atoms with Crippen molar-refractivity contribution in [2.45, 2.75) is 38.6 Å². The minimum atomic E-state index is -0.620. The molecule has 1 spiro atoms. The predicted octanol–water partition coefficient (Wildman–Crippen LogP) is 3.81. The monoisotopic (exact) mass is 307 g/mol. The molecule has 0 radical (unpaired) electrons. The first kappa shape index (κ1) is 14.9. The van der Waals surface area contributed by atoms with Gasteiger partial charge in [-0.25, -0.2) is 0 Å². The Bertz CT molecular complexity index is 525. The number of likely N-dealkylation sites (tertiary alicyclic amines) is 1. The van der Waals surface area contributed by atoms with Crippen LogP contribution in [-0.4, -0.2) is 29.1 Å². The molecule has 0 amide bonds. The zero-order valence-electron chi connectivity index (χ0n) is 12.2.